The van der Waals surface area contributed by atoms with E-state index in [0.29, 0.717) is 18.9 Å². The molecule has 1 N–H and O–H groups in total. The molecule has 3 aliphatic heterocycles. The van der Waals surface area contributed by atoms with Gasteiger partial charge in [-0.25, -0.2) is 0 Å². The van der Waals surface area contributed by atoms with Crippen molar-refractivity contribution in [2.75, 3.05) is 38.4 Å². The van der Waals surface area contributed by atoms with Crippen molar-refractivity contribution in [3.05, 3.63) is 18.2 Å². The lowest BCUT2D eigenvalue weighted by atomic mass is 9.99. The normalized spacial score (nSPS) is 26.1. The van der Waals surface area contributed by atoms with Gasteiger partial charge in [-0.1, -0.05) is 0 Å². The summed E-state index contributed by atoms with van der Waals surface area (Å²) in [7, 11) is 0. The molecule has 1 atom stereocenters. The van der Waals surface area contributed by atoms with Crippen LogP contribution in [0, 0.1) is 0 Å². The minimum atomic E-state index is 0.333. The third kappa shape index (κ3) is 3.01. The minimum absolute atomic E-state index is 0.333. The molecule has 0 saturated carbocycles. The number of fused-ring (bicyclic) bond motifs is 1. The van der Waals surface area contributed by atoms with Gasteiger partial charge in [0.15, 0.2) is 11.5 Å². The molecule has 0 spiro atoms. The van der Waals surface area contributed by atoms with Crippen molar-refractivity contribution in [1.82, 2.24) is 4.90 Å². The Kier molecular flexibility index (Phi) is 4.08. The molecule has 0 amide bonds. The monoisotopic (exact) mass is 304 g/mol. The highest BCUT2D eigenvalue weighted by Gasteiger charge is 2.27. The predicted molar refractivity (Wildman–Crippen MR) is 84.6 cm³/mol. The van der Waals surface area contributed by atoms with E-state index in [4.69, 9.17) is 14.2 Å². The number of rotatable bonds is 3. The van der Waals surface area contributed by atoms with Crippen LogP contribution in [0.25, 0.3) is 0 Å². The molecule has 22 heavy (non-hydrogen) atoms. The second-order valence-electron chi connectivity index (χ2n) is 6.39. The Labute approximate surface area is 131 Å². The molecular weight excluding hydrogens is 280 g/mol. The largest absolute Gasteiger partial charge is 0.454 e. The van der Waals surface area contributed by atoms with E-state index in [9.17, 15) is 0 Å². The number of nitrogens with zero attached hydrogens (tertiary/aromatic N) is 1. The van der Waals surface area contributed by atoms with Crippen LogP contribution in [-0.2, 0) is 4.74 Å². The van der Waals surface area contributed by atoms with Gasteiger partial charge < -0.3 is 19.5 Å². The summed E-state index contributed by atoms with van der Waals surface area (Å²) in [6.45, 7) is 4.52. The van der Waals surface area contributed by atoms with E-state index < -0.39 is 0 Å². The standard InChI is InChI=1S/C17H24N2O3/c1-2-14(11-19(7-1)15-5-8-20-9-6-15)18-13-3-4-16-17(10-13)22-12-21-16/h3-4,10,14-15,18H,1-2,5-9,11-12H2/t14-/m1/s1. The number of nitrogens with one attached hydrogen (secondary N) is 1. The van der Waals surface area contributed by atoms with Gasteiger partial charge in [0.2, 0.25) is 6.79 Å². The third-order valence-electron chi connectivity index (χ3n) is 4.90. The molecule has 1 aromatic carbocycles. The first-order chi connectivity index (χ1) is 10.9. The van der Waals surface area contributed by atoms with Gasteiger partial charge in [0.25, 0.3) is 0 Å². The Morgan fingerprint density at radius 2 is 1.91 bits per heavy atom. The highest BCUT2D eigenvalue weighted by atomic mass is 16.7. The fourth-order valence-electron chi connectivity index (χ4n) is 3.73. The maximum absolute atomic E-state index is 5.49. The zero-order valence-corrected chi connectivity index (χ0v) is 12.9. The minimum Gasteiger partial charge on any atom is -0.454 e. The summed E-state index contributed by atoms with van der Waals surface area (Å²) >= 11 is 0. The summed E-state index contributed by atoms with van der Waals surface area (Å²) in [5.74, 6) is 1.69. The second kappa shape index (κ2) is 6.34. The molecule has 0 unspecified atom stereocenters. The number of anilines is 1. The lowest BCUT2D eigenvalue weighted by Gasteiger charge is -2.40. The number of benzene rings is 1. The Hall–Kier alpha value is -1.46. The van der Waals surface area contributed by atoms with Crippen LogP contribution in [-0.4, -0.2) is 50.1 Å². The first-order valence-electron chi connectivity index (χ1n) is 8.36. The fourth-order valence-corrected chi connectivity index (χ4v) is 3.73. The van der Waals surface area contributed by atoms with Gasteiger partial charge in [0, 0.05) is 43.6 Å². The summed E-state index contributed by atoms with van der Waals surface area (Å²) in [4.78, 5) is 2.65. The molecule has 2 saturated heterocycles. The molecular formula is C17H24N2O3. The molecule has 2 fully saturated rings. The van der Waals surface area contributed by atoms with Crippen LogP contribution in [0.2, 0.25) is 0 Å². The average molecular weight is 304 g/mol. The second-order valence-corrected chi connectivity index (χ2v) is 6.39. The zero-order valence-electron chi connectivity index (χ0n) is 12.9. The number of piperidine rings is 1. The number of hydrogen-bond acceptors (Lipinski definition) is 5. The summed E-state index contributed by atoms with van der Waals surface area (Å²) in [6, 6.07) is 7.34. The van der Waals surface area contributed by atoms with E-state index in [1.807, 2.05) is 6.07 Å². The average Bonchev–Trinajstić information content (AvgIpc) is 3.04. The van der Waals surface area contributed by atoms with E-state index in [1.165, 1.54) is 32.2 Å². The van der Waals surface area contributed by atoms with Crippen molar-refractivity contribution in [2.24, 2.45) is 0 Å². The molecule has 5 nitrogen and oxygen atoms in total. The quantitative estimate of drug-likeness (QED) is 0.929. The molecule has 3 aliphatic rings. The van der Waals surface area contributed by atoms with Gasteiger partial charge in [-0.05, 0) is 44.4 Å². The Bertz CT molecular complexity index is 517. The van der Waals surface area contributed by atoms with Crippen LogP contribution in [0.3, 0.4) is 0 Å². The molecule has 0 radical (unpaired) electrons. The lowest BCUT2D eigenvalue weighted by molar-refractivity contribution is 0.0256. The van der Waals surface area contributed by atoms with E-state index in [0.717, 1.165) is 36.9 Å². The number of ether oxygens (including phenoxy) is 3. The fraction of sp³-hybridized carbons (Fsp3) is 0.647. The molecule has 5 heteroatoms. The molecule has 4 rings (SSSR count). The zero-order chi connectivity index (χ0) is 14.8. The SMILES string of the molecule is c1cc2c(cc1N[C@@H]1CCCN(C3CCOCC3)C1)OCO2. The topological polar surface area (TPSA) is 43.0 Å². The Morgan fingerprint density at radius 3 is 2.82 bits per heavy atom. The van der Waals surface area contributed by atoms with Crippen molar-refractivity contribution in [3.63, 3.8) is 0 Å². The van der Waals surface area contributed by atoms with Crippen LogP contribution < -0.4 is 14.8 Å². The summed E-state index contributed by atoms with van der Waals surface area (Å²) in [6.07, 6.45) is 4.85. The van der Waals surface area contributed by atoms with Crippen molar-refractivity contribution in [1.29, 1.82) is 0 Å². The van der Waals surface area contributed by atoms with Gasteiger partial charge in [-0.3, -0.25) is 4.90 Å². The smallest absolute Gasteiger partial charge is 0.231 e. The van der Waals surface area contributed by atoms with Crippen molar-refractivity contribution >= 4 is 5.69 Å². The third-order valence-corrected chi connectivity index (χ3v) is 4.90. The van der Waals surface area contributed by atoms with E-state index in [-0.39, 0.29) is 0 Å². The number of hydrogen-bond donors (Lipinski definition) is 1. The predicted octanol–water partition coefficient (Wildman–Crippen LogP) is 2.47. The Balaban J connectivity index is 1.38. The van der Waals surface area contributed by atoms with Crippen molar-refractivity contribution in [3.8, 4) is 11.5 Å². The molecule has 0 aliphatic carbocycles. The van der Waals surface area contributed by atoms with E-state index in [1.54, 1.807) is 0 Å². The summed E-state index contributed by atoms with van der Waals surface area (Å²) in [5.41, 5.74) is 1.13. The summed E-state index contributed by atoms with van der Waals surface area (Å²) in [5, 5.41) is 3.67. The van der Waals surface area contributed by atoms with Crippen LogP contribution in [0.4, 0.5) is 5.69 Å². The highest BCUT2D eigenvalue weighted by molar-refractivity contribution is 5.56. The summed E-state index contributed by atoms with van der Waals surface area (Å²) < 4.78 is 16.3. The molecule has 0 aromatic heterocycles. The maximum Gasteiger partial charge on any atom is 0.231 e. The van der Waals surface area contributed by atoms with Gasteiger partial charge >= 0.3 is 0 Å². The lowest BCUT2D eigenvalue weighted by Crippen LogP contribution is -2.48. The van der Waals surface area contributed by atoms with Gasteiger partial charge in [0.1, 0.15) is 0 Å². The van der Waals surface area contributed by atoms with Gasteiger partial charge in [-0.15, -0.1) is 0 Å². The molecule has 1 aromatic rings. The maximum atomic E-state index is 5.49. The first-order valence-corrected chi connectivity index (χ1v) is 8.36. The first kappa shape index (κ1) is 14.2. The van der Waals surface area contributed by atoms with Crippen LogP contribution in [0.15, 0.2) is 18.2 Å². The Morgan fingerprint density at radius 1 is 1.05 bits per heavy atom. The van der Waals surface area contributed by atoms with Crippen LogP contribution >= 0.6 is 0 Å². The van der Waals surface area contributed by atoms with Crippen molar-refractivity contribution in [2.45, 2.75) is 37.8 Å². The van der Waals surface area contributed by atoms with Crippen molar-refractivity contribution < 1.29 is 14.2 Å². The van der Waals surface area contributed by atoms with E-state index >= 15 is 0 Å². The highest BCUT2D eigenvalue weighted by Crippen LogP contribution is 2.34. The van der Waals surface area contributed by atoms with Gasteiger partial charge in [-0.2, -0.15) is 0 Å². The van der Waals surface area contributed by atoms with Gasteiger partial charge in [0.05, 0.1) is 0 Å². The molecule has 3 heterocycles. The number of likely N-dealkylation sites (tertiary alicyclic amines) is 1. The molecule has 120 valence electrons. The molecule has 0 bridgehead atoms. The van der Waals surface area contributed by atoms with Crippen LogP contribution in [0.5, 0.6) is 11.5 Å². The van der Waals surface area contributed by atoms with Crippen LogP contribution in [0.1, 0.15) is 25.7 Å². The van der Waals surface area contributed by atoms with E-state index in [2.05, 4.69) is 22.3 Å².